The smallest absolute Gasteiger partial charge is 0.0950 e. The summed E-state index contributed by atoms with van der Waals surface area (Å²) in [6, 6.07) is 11.9. The number of hydrogen-bond acceptors (Lipinski definition) is 3. The van der Waals surface area contributed by atoms with E-state index in [0.717, 1.165) is 11.1 Å². The van der Waals surface area contributed by atoms with Gasteiger partial charge in [-0.05, 0) is 24.1 Å². The minimum absolute atomic E-state index is 0.584. The minimum Gasteiger partial charge on any atom is -0.387 e. The number of nitrogens with zero attached hydrogens (tertiary/aromatic N) is 2. The van der Waals surface area contributed by atoms with E-state index in [1.54, 1.807) is 13.1 Å². The highest BCUT2D eigenvalue weighted by Crippen LogP contribution is 2.12. The fourth-order valence-corrected chi connectivity index (χ4v) is 1.45. The number of benzene rings is 1. The van der Waals surface area contributed by atoms with E-state index in [1.165, 1.54) is 0 Å². The lowest BCUT2D eigenvalue weighted by atomic mass is 10.1. The molecule has 0 amide bonds. The Kier molecular flexibility index (Phi) is 3.62. The summed E-state index contributed by atoms with van der Waals surface area (Å²) < 4.78 is 0. The molecule has 0 bridgehead atoms. The van der Waals surface area contributed by atoms with Crippen molar-refractivity contribution in [3.63, 3.8) is 0 Å². The molecule has 86 valence electrons. The van der Waals surface area contributed by atoms with E-state index in [1.807, 2.05) is 48.6 Å². The van der Waals surface area contributed by atoms with E-state index in [4.69, 9.17) is 0 Å². The van der Waals surface area contributed by atoms with Gasteiger partial charge in [-0.3, -0.25) is 0 Å². The third-order valence-electron chi connectivity index (χ3n) is 2.39. The summed E-state index contributed by atoms with van der Waals surface area (Å²) in [5.74, 6) is 0. The van der Waals surface area contributed by atoms with Crippen molar-refractivity contribution in [2.45, 2.75) is 13.0 Å². The lowest BCUT2D eigenvalue weighted by Crippen LogP contribution is -1.97. The van der Waals surface area contributed by atoms with Gasteiger partial charge in [0.15, 0.2) is 0 Å². The topological polar surface area (TPSA) is 46.0 Å². The summed E-state index contributed by atoms with van der Waals surface area (Å²) in [7, 11) is 0. The van der Waals surface area contributed by atoms with Gasteiger partial charge in [-0.1, -0.05) is 42.5 Å². The Balaban J connectivity index is 2.19. The number of aliphatic hydroxyl groups is 1. The van der Waals surface area contributed by atoms with Crippen molar-refractivity contribution in [1.29, 1.82) is 0 Å². The predicted molar refractivity (Wildman–Crippen MR) is 68.0 cm³/mol. The van der Waals surface area contributed by atoms with Crippen LogP contribution in [0.3, 0.4) is 0 Å². The number of aromatic nitrogens is 2. The third kappa shape index (κ3) is 3.23. The quantitative estimate of drug-likeness (QED) is 0.875. The highest BCUT2D eigenvalue weighted by Gasteiger charge is 2.02. The van der Waals surface area contributed by atoms with Crippen LogP contribution in [0.4, 0.5) is 0 Å². The van der Waals surface area contributed by atoms with E-state index in [0.29, 0.717) is 5.69 Å². The maximum Gasteiger partial charge on any atom is 0.0950 e. The molecule has 0 aliphatic rings. The van der Waals surface area contributed by atoms with Crippen LogP contribution in [-0.2, 0) is 0 Å². The van der Waals surface area contributed by atoms with Crippen molar-refractivity contribution in [3.05, 3.63) is 59.4 Å². The zero-order valence-electron chi connectivity index (χ0n) is 9.62. The summed E-state index contributed by atoms with van der Waals surface area (Å²) in [6.45, 7) is 1.68. The van der Waals surface area contributed by atoms with Crippen LogP contribution < -0.4 is 0 Å². The monoisotopic (exact) mass is 226 g/mol. The molecule has 0 aliphatic carbocycles. The molecule has 1 unspecified atom stereocenters. The first kappa shape index (κ1) is 11.5. The maximum absolute atomic E-state index is 9.41. The first-order valence-electron chi connectivity index (χ1n) is 5.49. The Labute approximate surface area is 100 Å². The van der Waals surface area contributed by atoms with E-state index >= 15 is 0 Å². The van der Waals surface area contributed by atoms with E-state index < -0.39 is 6.10 Å². The zero-order chi connectivity index (χ0) is 12.1. The first-order chi connectivity index (χ1) is 8.25. The molecule has 0 fully saturated rings. The number of hydrogen-bond donors (Lipinski definition) is 1. The first-order valence-corrected chi connectivity index (χ1v) is 5.49. The molecule has 0 saturated carbocycles. The summed E-state index contributed by atoms with van der Waals surface area (Å²) in [5, 5.41) is 17.1. The van der Waals surface area contributed by atoms with Gasteiger partial charge in [0.05, 0.1) is 18.0 Å². The van der Waals surface area contributed by atoms with Gasteiger partial charge in [0.25, 0.3) is 0 Å². The van der Waals surface area contributed by atoms with E-state index in [2.05, 4.69) is 10.2 Å². The molecule has 0 spiro atoms. The summed E-state index contributed by atoms with van der Waals surface area (Å²) in [5.41, 5.74) is 2.64. The standard InChI is InChI=1S/C14H14N2O/c1-11(17)14-9-13(10-15-16-14)8-7-12-5-3-2-4-6-12/h2-11,17H,1H3. The van der Waals surface area contributed by atoms with Gasteiger partial charge in [0, 0.05) is 0 Å². The molecule has 3 nitrogen and oxygen atoms in total. The molecule has 1 atom stereocenters. The van der Waals surface area contributed by atoms with Crippen molar-refractivity contribution >= 4 is 12.2 Å². The molecular weight excluding hydrogens is 212 g/mol. The van der Waals surface area contributed by atoms with Gasteiger partial charge >= 0.3 is 0 Å². The van der Waals surface area contributed by atoms with Crippen LogP contribution in [0, 0.1) is 0 Å². The molecule has 3 heteroatoms. The molecule has 2 rings (SSSR count). The third-order valence-corrected chi connectivity index (χ3v) is 2.39. The molecule has 0 saturated heterocycles. The fourth-order valence-electron chi connectivity index (χ4n) is 1.45. The number of rotatable bonds is 3. The molecule has 0 radical (unpaired) electrons. The van der Waals surface area contributed by atoms with Crippen molar-refractivity contribution in [3.8, 4) is 0 Å². The summed E-state index contributed by atoms with van der Waals surface area (Å²) in [6.07, 6.45) is 5.04. The second-order valence-electron chi connectivity index (χ2n) is 3.83. The van der Waals surface area contributed by atoms with Crippen molar-refractivity contribution in [2.24, 2.45) is 0 Å². The SMILES string of the molecule is CC(O)c1cc(C=Cc2ccccc2)cnn1. The van der Waals surface area contributed by atoms with Gasteiger partial charge in [-0.25, -0.2) is 0 Å². The normalized spacial score (nSPS) is 12.8. The molecule has 0 aliphatic heterocycles. The number of aliphatic hydroxyl groups excluding tert-OH is 1. The van der Waals surface area contributed by atoms with Gasteiger partial charge in [0.1, 0.15) is 0 Å². The fraction of sp³-hybridized carbons (Fsp3) is 0.143. The van der Waals surface area contributed by atoms with Crippen LogP contribution >= 0.6 is 0 Å². The molecular formula is C14H14N2O. The second-order valence-corrected chi connectivity index (χ2v) is 3.83. The molecule has 1 aromatic heterocycles. The summed E-state index contributed by atoms with van der Waals surface area (Å²) in [4.78, 5) is 0. The Morgan fingerprint density at radius 2 is 1.82 bits per heavy atom. The van der Waals surface area contributed by atoms with Gasteiger partial charge < -0.3 is 5.11 Å². The summed E-state index contributed by atoms with van der Waals surface area (Å²) >= 11 is 0. The Morgan fingerprint density at radius 1 is 1.12 bits per heavy atom. The molecule has 1 N–H and O–H groups in total. The van der Waals surface area contributed by atoms with Gasteiger partial charge in [0.2, 0.25) is 0 Å². The average Bonchev–Trinajstić information content (AvgIpc) is 2.38. The van der Waals surface area contributed by atoms with E-state index in [9.17, 15) is 5.11 Å². The second kappa shape index (κ2) is 5.37. The minimum atomic E-state index is -0.590. The highest BCUT2D eigenvalue weighted by atomic mass is 16.3. The zero-order valence-corrected chi connectivity index (χ0v) is 9.62. The Hall–Kier alpha value is -2.00. The van der Waals surface area contributed by atoms with Crippen LogP contribution in [0.15, 0.2) is 42.6 Å². The Morgan fingerprint density at radius 3 is 2.53 bits per heavy atom. The molecule has 17 heavy (non-hydrogen) atoms. The van der Waals surface area contributed by atoms with Gasteiger partial charge in [-0.2, -0.15) is 10.2 Å². The lowest BCUT2D eigenvalue weighted by molar-refractivity contribution is 0.193. The van der Waals surface area contributed by atoms with Crippen molar-refractivity contribution in [2.75, 3.05) is 0 Å². The van der Waals surface area contributed by atoms with E-state index in [-0.39, 0.29) is 0 Å². The largest absolute Gasteiger partial charge is 0.387 e. The predicted octanol–water partition coefficient (Wildman–Crippen LogP) is 2.70. The van der Waals surface area contributed by atoms with Crippen LogP contribution in [-0.4, -0.2) is 15.3 Å². The highest BCUT2D eigenvalue weighted by molar-refractivity contribution is 5.69. The average molecular weight is 226 g/mol. The van der Waals surface area contributed by atoms with Crippen LogP contribution in [0.5, 0.6) is 0 Å². The lowest BCUT2D eigenvalue weighted by Gasteiger charge is -2.02. The molecule has 2 aromatic rings. The maximum atomic E-state index is 9.41. The molecule has 1 heterocycles. The molecule has 1 aromatic carbocycles. The van der Waals surface area contributed by atoms with Crippen LogP contribution in [0.2, 0.25) is 0 Å². The van der Waals surface area contributed by atoms with Crippen LogP contribution in [0.1, 0.15) is 29.8 Å². The van der Waals surface area contributed by atoms with Crippen LogP contribution in [0.25, 0.3) is 12.2 Å². The van der Waals surface area contributed by atoms with Crippen molar-refractivity contribution < 1.29 is 5.11 Å². The van der Waals surface area contributed by atoms with Gasteiger partial charge in [-0.15, -0.1) is 0 Å². The Bertz CT molecular complexity index is 507. The van der Waals surface area contributed by atoms with Crippen molar-refractivity contribution in [1.82, 2.24) is 10.2 Å².